The lowest BCUT2D eigenvalue weighted by molar-refractivity contribution is 0.0563. The number of rotatable bonds is 7. The molecule has 1 unspecified atom stereocenters. The van der Waals surface area contributed by atoms with Crippen LogP contribution in [0.25, 0.3) is 0 Å². The third-order valence-corrected chi connectivity index (χ3v) is 3.30. The zero-order valence-corrected chi connectivity index (χ0v) is 12.6. The summed E-state index contributed by atoms with van der Waals surface area (Å²) in [6.45, 7) is 2.83. The first-order valence-electron chi connectivity index (χ1n) is 5.92. The number of nitrogens with one attached hydrogen (secondary N) is 1. The van der Waals surface area contributed by atoms with Crippen molar-refractivity contribution in [2.24, 2.45) is 0 Å². The molecular formula is C13H18BrF2NO2. The summed E-state index contributed by atoms with van der Waals surface area (Å²) in [5, 5.41) is 13.1. The minimum absolute atomic E-state index is 0.107. The maximum Gasteiger partial charge on any atom is 0.143 e. The number of methoxy groups -OCH3 is 1. The van der Waals surface area contributed by atoms with Crippen LogP contribution in [0.4, 0.5) is 8.78 Å². The molecule has 0 fully saturated rings. The second-order valence-corrected chi connectivity index (χ2v) is 5.52. The van der Waals surface area contributed by atoms with E-state index in [1.165, 1.54) is 19.1 Å². The Bertz CT molecular complexity index is 427. The SMILES string of the molecule is COCCNCC(C)(O)Cc1c(F)ccc(Br)c1F. The Kier molecular flexibility index (Phi) is 6.32. The zero-order valence-electron chi connectivity index (χ0n) is 11.0. The second kappa shape index (κ2) is 7.28. The molecular weight excluding hydrogens is 320 g/mol. The van der Waals surface area contributed by atoms with Crippen molar-refractivity contribution in [2.45, 2.75) is 18.9 Å². The predicted molar refractivity (Wildman–Crippen MR) is 73.1 cm³/mol. The van der Waals surface area contributed by atoms with Gasteiger partial charge in [-0.25, -0.2) is 8.78 Å². The van der Waals surface area contributed by atoms with E-state index in [0.717, 1.165) is 0 Å². The number of hydrogen-bond acceptors (Lipinski definition) is 3. The molecule has 3 nitrogen and oxygen atoms in total. The molecule has 0 aromatic heterocycles. The summed E-state index contributed by atoms with van der Waals surface area (Å²) in [6, 6.07) is 2.48. The minimum atomic E-state index is -1.24. The van der Waals surface area contributed by atoms with Crippen molar-refractivity contribution in [1.82, 2.24) is 5.32 Å². The first-order chi connectivity index (χ1) is 8.87. The summed E-state index contributed by atoms with van der Waals surface area (Å²) in [7, 11) is 1.58. The molecule has 0 radical (unpaired) electrons. The fourth-order valence-corrected chi connectivity index (χ4v) is 2.08. The summed E-state index contributed by atoms with van der Waals surface area (Å²) in [5.74, 6) is -1.32. The molecule has 1 atom stereocenters. The third-order valence-electron chi connectivity index (χ3n) is 2.69. The zero-order chi connectivity index (χ0) is 14.5. The molecule has 6 heteroatoms. The lowest BCUT2D eigenvalue weighted by Crippen LogP contribution is -2.41. The van der Waals surface area contributed by atoms with Gasteiger partial charge in [0, 0.05) is 32.2 Å². The number of aliphatic hydroxyl groups is 1. The van der Waals surface area contributed by atoms with Gasteiger partial charge in [-0.3, -0.25) is 0 Å². The van der Waals surface area contributed by atoms with Crippen LogP contribution >= 0.6 is 15.9 Å². The van der Waals surface area contributed by atoms with Gasteiger partial charge in [0.15, 0.2) is 0 Å². The molecule has 0 amide bonds. The maximum atomic E-state index is 13.8. The first kappa shape index (κ1) is 16.5. The Labute approximate surface area is 120 Å². The summed E-state index contributed by atoms with van der Waals surface area (Å²) in [5.41, 5.74) is -1.36. The van der Waals surface area contributed by atoms with Gasteiger partial charge in [0.25, 0.3) is 0 Å². The van der Waals surface area contributed by atoms with E-state index in [1.54, 1.807) is 7.11 Å². The Morgan fingerprint density at radius 1 is 1.42 bits per heavy atom. The van der Waals surface area contributed by atoms with E-state index >= 15 is 0 Å². The van der Waals surface area contributed by atoms with Crippen LogP contribution in [0.5, 0.6) is 0 Å². The van der Waals surface area contributed by atoms with Crippen LogP contribution < -0.4 is 5.32 Å². The van der Waals surface area contributed by atoms with Crippen molar-refractivity contribution < 1.29 is 18.6 Å². The summed E-state index contributed by atoms with van der Waals surface area (Å²) < 4.78 is 32.4. The fraction of sp³-hybridized carbons (Fsp3) is 0.538. The minimum Gasteiger partial charge on any atom is -0.389 e. The van der Waals surface area contributed by atoms with Crippen LogP contribution in [0.15, 0.2) is 16.6 Å². The molecule has 1 rings (SSSR count). The largest absolute Gasteiger partial charge is 0.389 e. The Morgan fingerprint density at radius 2 is 2.11 bits per heavy atom. The predicted octanol–water partition coefficient (Wildman–Crippen LogP) is 2.26. The van der Waals surface area contributed by atoms with Crippen LogP contribution in [0.2, 0.25) is 0 Å². The van der Waals surface area contributed by atoms with Crippen molar-refractivity contribution >= 4 is 15.9 Å². The molecule has 0 spiro atoms. The lowest BCUT2D eigenvalue weighted by Gasteiger charge is -2.24. The van der Waals surface area contributed by atoms with E-state index in [1.807, 2.05) is 0 Å². The van der Waals surface area contributed by atoms with Gasteiger partial charge >= 0.3 is 0 Å². The van der Waals surface area contributed by atoms with E-state index in [2.05, 4.69) is 21.2 Å². The topological polar surface area (TPSA) is 41.5 Å². The standard InChI is InChI=1S/C13H18BrF2NO2/c1-13(18,8-17-5-6-19-2)7-9-11(15)4-3-10(14)12(9)16/h3-4,17-18H,5-8H2,1-2H3. The van der Waals surface area contributed by atoms with Crippen LogP contribution in [0.1, 0.15) is 12.5 Å². The van der Waals surface area contributed by atoms with Gasteiger partial charge in [-0.2, -0.15) is 0 Å². The summed E-state index contributed by atoms with van der Waals surface area (Å²) >= 11 is 3.01. The molecule has 0 bridgehead atoms. The van der Waals surface area contributed by atoms with Gasteiger partial charge in [0.05, 0.1) is 16.7 Å². The fourth-order valence-electron chi connectivity index (χ4n) is 1.71. The quantitative estimate of drug-likeness (QED) is 0.592. The Balaban J connectivity index is 2.69. The Morgan fingerprint density at radius 3 is 2.74 bits per heavy atom. The van der Waals surface area contributed by atoms with Gasteiger partial charge in [-0.05, 0) is 35.0 Å². The van der Waals surface area contributed by atoms with Gasteiger partial charge in [-0.15, -0.1) is 0 Å². The van der Waals surface area contributed by atoms with E-state index < -0.39 is 17.2 Å². The van der Waals surface area contributed by atoms with Crippen molar-refractivity contribution in [1.29, 1.82) is 0 Å². The highest BCUT2D eigenvalue weighted by atomic mass is 79.9. The van der Waals surface area contributed by atoms with E-state index in [-0.39, 0.29) is 23.0 Å². The molecule has 2 N–H and O–H groups in total. The lowest BCUT2D eigenvalue weighted by atomic mass is 9.95. The van der Waals surface area contributed by atoms with Gasteiger partial charge in [0.1, 0.15) is 11.6 Å². The molecule has 1 aromatic rings. The first-order valence-corrected chi connectivity index (χ1v) is 6.71. The average molecular weight is 338 g/mol. The highest BCUT2D eigenvalue weighted by Crippen LogP contribution is 2.25. The van der Waals surface area contributed by atoms with Gasteiger partial charge < -0.3 is 15.2 Å². The van der Waals surface area contributed by atoms with Crippen molar-refractivity contribution in [3.05, 3.63) is 33.8 Å². The molecule has 19 heavy (non-hydrogen) atoms. The van der Waals surface area contributed by atoms with Crippen molar-refractivity contribution in [3.8, 4) is 0 Å². The highest BCUT2D eigenvalue weighted by Gasteiger charge is 2.25. The number of benzene rings is 1. The number of halogens is 3. The van der Waals surface area contributed by atoms with E-state index in [9.17, 15) is 13.9 Å². The molecule has 1 aromatic carbocycles. The normalized spacial score (nSPS) is 14.4. The maximum absolute atomic E-state index is 13.8. The molecule has 0 aliphatic carbocycles. The van der Waals surface area contributed by atoms with Crippen LogP contribution in [0, 0.1) is 11.6 Å². The molecule has 0 saturated heterocycles. The molecule has 0 saturated carbocycles. The van der Waals surface area contributed by atoms with Crippen LogP contribution in [0.3, 0.4) is 0 Å². The molecule has 0 aliphatic heterocycles. The highest BCUT2D eigenvalue weighted by molar-refractivity contribution is 9.10. The number of hydrogen-bond donors (Lipinski definition) is 2. The third kappa shape index (κ3) is 5.14. The van der Waals surface area contributed by atoms with E-state index in [4.69, 9.17) is 4.74 Å². The van der Waals surface area contributed by atoms with Crippen molar-refractivity contribution in [3.63, 3.8) is 0 Å². The summed E-state index contributed by atoms with van der Waals surface area (Å²) in [4.78, 5) is 0. The molecule has 108 valence electrons. The van der Waals surface area contributed by atoms with Gasteiger partial charge in [0.2, 0.25) is 0 Å². The van der Waals surface area contributed by atoms with Crippen molar-refractivity contribution in [2.75, 3.05) is 26.8 Å². The average Bonchev–Trinajstić information content (AvgIpc) is 2.35. The van der Waals surface area contributed by atoms with Crippen LogP contribution in [-0.2, 0) is 11.2 Å². The number of ether oxygens (including phenoxy) is 1. The monoisotopic (exact) mass is 337 g/mol. The van der Waals surface area contributed by atoms with E-state index in [0.29, 0.717) is 13.2 Å². The van der Waals surface area contributed by atoms with Gasteiger partial charge in [-0.1, -0.05) is 0 Å². The Hall–Kier alpha value is -0.560. The van der Waals surface area contributed by atoms with Crippen LogP contribution in [-0.4, -0.2) is 37.5 Å². The smallest absolute Gasteiger partial charge is 0.143 e. The molecule has 0 heterocycles. The molecule has 0 aliphatic rings. The second-order valence-electron chi connectivity index (χ2n) is 4.67. The summed E-state index contributed by atoms with van der Waals surface area (Å²) in [6.07, 6.45) is -0.107.